The molecule has 2 heterocycles. The third-order valence-electron chi connectivity index (χ3n) is 11.2. The molecule has 0 bridgehead atoms. The molecule has 0 radical (unpaired) electrons. The zero-order chi connectivity index (χ0) is 38.7. The lowest BCUT2D eigenvalue weighted by Gasteiger charge is -2.27. The van der Waals surface area contributed by atoms with Crippen LogP contribution in [0.2, 0.25) is 0 Å². The highest BCUT2D eigenvalue weighted by molar-refractivity contribution is 6.21. The molecule has 6 heteroatoms. The third kappa shape index (κ3) is 5.41. The minimum absolute atomic E-state index is 0.746. The number of fused-ring (bicyclic) bond motifs is 9. The van der Waals surface area contributed by atoms with Crippen LogP contribution >= 0.6 is 0 Å². The predicted octanol–water partition coefficient (Wildman–Crippen LogP) is 14.7. The van der Waals surface area contributed by atoms with Gasteiger partial charge in [0.15, 0.2) is 11.2 Å². The summed E-state index contributed by atoms with van der Waals surface area (Å²) in [6.45, 7) is 0. The molecule has 11 rings (SSSR count). The largest absolute Gasteiger partial charge is 0.495 e. The molecule has 9 aromatic carbocycles. The fourth-order valence-electron chi connectivity index (χ4n) is 8.44. The molecule has 278 valence electrons. The Hall–Kier alpha value is -7.70. The van der Waals surface area contributed by atoms with Gasteiger partial charge in [-0.25, -0.2) is 0 Å². The first-order valence-electron chi connectivity index (χ1n) is 19.3. The van der Waals surface area contributed by atoms with Crippen LogP contribution in [0.4, 0.5) is 34.1 Å². The molecule has 0 unspecified atom stereocenters. The quantitative estimate of drug-likeness (QED) is 0.154. The average Bonchev–Trinajstić information content (AvgIpc) is 3.83. The van der Waals surface area contributed by atoms with Gasteiger partial charge in [0.05, 0.1) is 25.6 Å². The van der Waals surface area contributed by atoms with Crippen molar-refractivity contribution in [3.8, 4) is 11.5 Å². The SMILES string of the molecule is COc1ccccc1N(c1ccccc1)c1ccc2cc3c(cc2c1)oc1c3ccc2c3cc4ccc(N(c5ccccc5)c5ccccc5OC)cc4cc3oc21. The summed E-state index contributed by atoms with van der Waals surface area (Å²) in [6.07, 6.45) is 0. The van der Waals surface area contributed by atoms with E-state index < -0.39 is 0 Å². The number of hydrogen-bond acceptors (Lipinski definition) is 6. The van der Waals surface area contributed by atoms with Crippen molar-refractivity contribution in [2.45, 2.75) is 0 Å². The molecular weight excluding hydrogens is 717 g/mol. The monoisotopic (exact) mass is 752 g/mol. The van der Waals surface area contributed by atoms with Crippen molar-refractivity contribution in [1.29, 1.82) is 0 Å². The summed E-state index contributed by atoms with van der Waals surface area (Å²) < 4.78 is 25.1. The fraction of sp³-hybridized carbons (Fsp3) is 0.0385. The van der Waals surface area contributed by atoms with E-state index in [-0.39, 0.29) is 0 Å². The lowest BCUT2D eigenvalue weighted by molar-refractivity contribution is 0.416. The molecule has 0 N–H and O–H groups in total. The Balaban J connectivity index is 1.03. The first-order valence-corrected chi connectivity index (χ1v) is 19.3. The minimum Gasteiger partial charge on any atom is -0.495 e. The van der Waals surface area contributed by atoms with Crippen LogP contribution in [-0.4, -0.2) is 14.2 Å². The summed E-state index contributed by atoms with van der Waals surface area (Å²) in [7, 11) is 3.42. The molecule has 6 nitrogen and oxygen atoms in total. The number of methoxy groups -OCH3 is 2. The van der Waals surface area contributed by atoms with E-state index >= 15 is 0 Å². The summed E-state index contributed by atoms with van der Waals surface area (Å²) in [5.74, 6) is 1.59. The summed E-state index contributed by atoms with van der Waals surface area (Å²) in [5, 5.41) is 8.53. The molecule has 0 amide bonds. The van der Waals surface area contributed by atoms with Gasteiger partial charge in [-0.3, -0.25) is 0 Å². The molecule has 0 atom stereocenters. The maximum absolute atomic E-state index is 6.73. The van der Waals surface area contributed by atoms with E-state index in [1.54, 1.807) is 14.2 Å². The van der Waals surface area contributed by atoms with Crippen molar-refractivity contribution in [3.05, 3.63) is 182 Å². The van der Waals surface area contributed by atoms with Gasteiger partial charge in [-0.2, -0.15) is 0 Å². The van der Waals surface area contributed by atoms with Gasteiger partial charge >= 0.3 is 0 Å². The molecule has 2 aromatic heterocycles. The summed E-state index contributed by atoms with van der Waals surface area (Å²) >= 11 is 0. The van der Waals surface area contributed by atoms with E-state index in [0.717, 1.165) is 111 Å². The standard InChI is InChI=1S/C52H36N2O4/c1-55-47-19-11-9-17-45(47)53(37-13-5-3-6-14-37)39-23-21-33-29-43-41-25-26-42-44-30-34-22-24-40(54(38-15-7-4-8-16-38)46-18-10-12-20-48(46)56-2)28-36(34)32-50(44)58-52(42)51(41)57-49(43)31-35(33)27-39/h3-32H,1-2H3. The lowest BCUT2D eigenvalue weighted by Crippen LogP contribution is -2.11. The first kappa shape index (κ1) is 33.6. The first-order chi connectivity index (χ1) is 28.6. The highest BCUT2D eigenvalue weighted by Crippen LogP contribution is 2.45. The van der Waals surface area contributed by atoms with E-state index in [4.69, 9.17) is 18.3 Å². The molecule has 0 fully saturated rings. The molecule has 0 saturated heterocycles. The van der Waals surface area contributed by atoms with Crippen LogP contribution in [0.15, 0.2) is 191 Å². The van der Waals surface area contributed by atoms with Crippen molar-refractivity contribution in [2.24, 2.45) is 0 Å². The van der Waals surface area contributed by atoms with E-state index in [2.05, 4.69) is 143 Å². The van der Waals surface area contributed by atoms with E-state index in [0.29, 0.717) is 0 Å². The number of hydrogen-bond donors (Lipinski definition) is 0. The topological polar surface area (TPSA) is 51.2 Å². The average molecular weight is 753 g/mol. The van der Waals surface area contributed by atoms with Gasteiger partial charge < -0.3 is 28.1 Å². The lowest BCUT2D eigenvalue weighted by atomic mass is 10.0. The number of anilines is 6. The number of ether oxygens (including phenoxy) is 2. The number of benzene rings is 9. The maximum atomic E-state index is 6.73. The van der Waals surface area contributed by atoms with Crippen molar-refractivity contribution in [1.82, 2.24) is 0 Å². The molecule has 0 aliphatic rings. The molecule has 0 spiro atoms. The van der Waals surface area contributed by atoms with E-state index in [9.17, 15) is 0 Å². The number of furan rings is 2. The van der Waals surface area contributed by atoms with E-state index in [1.165, 1.54) is 0 Å². The normalized spacial score (nSPS) is 11.6. The van der Waals surface area contributed by atoms with Crippen LogP contribution in [0, 0.1) is 0 Å². The Kier molecular flexibility index (Phi) is 7.83. The van der Waals surface area contributed by atoms with Crippen LogP contribution in [0.25, 0.3) is 65.4 Å². The van der Waals surface area contributed by atoms with Crippen molar-refractivity contribution >= 4 is 99.5 Å². The highest BCUT2D eigenvalue weighted by atomic mass is 16.5. The van der Waals surface area contributed by atoms with Crippen LogP contribution in [0.3, 0.4) is 0 Å². The maximum Gasteiger partial charge on any atom is 0.178 e. The van der Waals surface area contributed by atoms with Crippen molar-refractivity contribution < 1.29 is 18.3 Å². The van der Waals surface area contributed by atoms with Gasteiger partial charge in [0, 0.05) is 44.3 Å². The Labute approximate surface area is 334 Å². The Morgan fingerprint density at radius 2 is 0.759 bits per heavy atom. The number of nitrogens with zero attached hydrogens (tertiary/aromatic N) is 2. The van der Waals surface area contributed by atoms with Gasteiger partial charge in [-0.15, -0.1) is 0 Å². The highest BCUT2D eigenvalue weighted by Gasteiger charge is 2.21. The van der Waals surface area contributed by atoms with Gasteiger partial charge in [0.2, 0.25) is 0 Å². The summed E-state index contributed by atoms with van der Waals surface area (Å²) in [6, 6.07) is 63.1. The second-order valence-electron chi connectivity index (χ2n) is 14.5. The smallest absolute Gasteiger partial charge is 0.178 e. The second kappa shape index (κ2) is 13.5. The van der Waals surface area contributed by atoms with Gasteiger partial charge in [0.1, 0.15) is 22.7 Å². The van der Waals surface area contributed by atoms with Gasteiger partial charge in [-0.05, 0) is 131 Å². The van der Waals surface area contributed by atoms with Crippen LogP contribution in [-0.2, 0) is 0 Å². The van der Waals surface area contributed by atoms with Crippen LogP contribution in [0.5, 0.6) is 11.5 Å². The molecule has 0 saturated carbocycles. The predicted molar refractivity (Wildman–Crippen MR) is 238 cm³/mol. The van der Waals surface area contributed by atoms with Crippen molar-refractivity contribution in [3.63, 3.8) is 0 Å². The van der Waals surface area contributed by atoms with Crippen LogP contribution in [0.1, 0.15) is 0 Å². The Bertz CT molecular complexity index is 3110. The fourth-order valence-corrected chi connectivity index (χ4v) is 8.44. The second-order valence-corrected chi connectivity index (χ2v) is 14.5. The van der Waals surface area contributed by atoms with Gasteiger partial charge in [-0.1, -0.05) is 72.8 Å². The van der Waals surface area contributed by atoms with Gasteiger partial charge in [0.25, 0.3) is 0 Å². The molecule has 11 aromatic rings. The Morgan fingerprint density at radius 3 is 1.19 bits per heavy atom. The zero-order valence-electron chi connectivity index (χ0n) is 31.8. The number of rotatable bonds is 8. The summed E-state index contributed by atoms with van der Waals surface area (Å²) in [5.41, 5.74) is 9.14. The van der Waals surface area contributed by atoms with E-state index in [1.807, 2.05) is 48.5 Å². The van der Waals surface area contributed by atoms with Crippen LogP contribution < -0.4 is 19.3 Å². The van der Waals surface area contributed by atoms with Crippen molar-refractivity contribution in [2.75, 3.05) is 24.0 Å². The molecule has 58 heavy (non-hydrogen) atoms. The zero-order valence-corrected chi connectivity index (χ0v) is 31.8. The molecule has 0 aliphatic heterocycles. The summed E-state index contributed by atoms with van der Waals surface area (Å²) in [4.78, 5) is 4.45. The Morgan fingerprint density at radius 1 is 0.345 bits per heavy atom. The molecular formula is C52H36N2O4. The molecule has 0 aliphatic carbocycles. The number of para-hydroxylation sites is 6. The third-order valence-corrected chi connectivity index (χ3v) is 11.2. The minimum atomic E-state index is 0.746.